The summed E-state index contributed by atoms with van der Waals surface area (Å²) in [4.78, 5) is 0.696. The fraction of sp³-hybridized carbons (Fsp3) is 0.500. The molecule has 0 amide bonds. The molecule has 1 aromatic carbocycles. The summed E-state index contributed by atoms with van der Waals surface area (Å²) in [5, 5.41) is 0. The number of nitrogens with two attached hydrogens (primary N) is 1. The summed E-state index contributed by atoms with van der Waals surface area (Å²) in [6.07, 6.45) is 5.15. The van der Waals surface area contributed by atoms with Crippen LogP contribution in [0.5, 0.6) is 0 Å². The van der Waals surface area contributed by atoms with Crippen LogP contribution in [0.3, 0.4) is 0 Å². The molecule has 0 saturated heterocycles. The highest BCUT2D eigenvalue weighted by atomic mass is 32.2. The van der Waals surface area contributed by atoms with Gasteiger partial charge in [0.05, 0.1) is 9.88 Å². The van der Waals surface area contributed by atoms with Crippen LogP contribution in [0.15, 0.2) is 29.2 Å². The summed E-state index contributed by atoms with van der Waals surface area (Å²) < 4.78 is 27.0. The van der Waals surface area contributed by atoms with E-state index in [9.17, 15) is 8.42 Å². The minimum atomic E-state index is -3.41. The van der Waals surface area contributed by atoms with Gasteiger partial charge in [-0.2, -0.15) is 0 Å². The third-order valence-electron chi connectivity index (χ3n) is 3.65. The summed E-state index contributed by atoms with van der Waals surface area (Å²) >= 11 is 4.83. The highest BCUT2D eigenvalue weighted by Gasteiger charge is 2.19. The van der Waals surface area contributed by atoms with Crippen LogP contribution in [-0.2, 0) is 16.4 Å². The van der Waals surface area contributed by atoms with E-state index in [4.69, 9.17) is 18.0 Å². The normalized spacial score (nSPS) is 16.4. The van der Waals surface area contributed by atoms with Gasteiger partial charge in [-0.1, -0.05) is 37.2 Å². The molecule has 0 atom stereocenters. The molecule has 4 nitrogen and oxygen atoms in total. The number of nitrogens with one attached hydrogen (secondary N) is 1. The largest absolute Gasteiger partial charge is 0.393 e. The van der Waals surface area contributed by atoms with Crippen molar-refractivity contribution < 1.29 is 8.42 Å². The standard InChI is InChI=1S/C14H20N2O2S2/c15-14(19)9-11-5-7-13(8-6-11)20(17,18)16-10-12-3-1-2-4-12/h5-8,12,16H,1-4,9-10H2,(H2,15,19). The van der Waals surface area contributed by atoms with E-state index in [2.05, 4.69) is 4.72 Å². The molecule has 1 aliphatic rings. The summed E-state index contributed by atoms with van der Waals surface area (Å²) in [6, 6.07) is 6.71. The zero-order valence-corrected chi connectivity index (χ0v) is 13.0. The Bertz CT molecular complexity index is 561. The van der Waals surface area contributed by atoms with Crippen LogP contribution in [0, 0.1) is 5.92 Å². The lowest BCUT2D eigenvalue weighted by molar-refractivity contribution is 0.519. The van der Waals surface area contributed by atoms with Crippen molar-refractivity contribution in [3.8, 4) is 0 Å². The summed E-state index contributed by atoms with van der Waals surface area (Å²) in [7, 11) is -3.41. The van der Waals surface area contributed by atoms with Crippen molar-refractivity contribution in [2.75, 3.05) is 6.54 Å². The van der Waals surface area contributed by atoms with Gasteiger partial charge in [-0.3, -0.25) is 0 Å². The molecule has 1 aromatic rings. The van der Waals surface area contributed by atoms with Gasteiger partial charge in [0.25, 0.3) is 0 Å². The second-order valence-electron chi connectivity index (χ2n) is 5.29. The van der Waals surface area contributed by atoms with E-state index in [1.165, 1.54) is 12.8 Å². The fourth-order valence-corrected chi connectivity index (χ4v) is 3.80. The van der Waals surface area contributed by atoms with Crippen LogP contribution < -0.4 is 10.5 Å². The lowest BCUT2D eigenvalue weighted by Gasteiger charge is -2.11. The molecule has 0 heterocycles. The fourth-order valence-electron chi connectivity index (χ4n) is 2.51. The minimum absolute atomic E-state index is 0.294. The predicted molar refractivity (Wildman–Crippen MR) is 84.1 cm³/mol. The first-order valence-electron chi connectivity index (χ1n) is 6.84. The van der Waals surface area contributed by atoms with Crippen LogP contribution in [0.2, 0.25) is 0 Å². The van der Waals surface area contributed by atoms with Gasteiger partial charge in [-0.15, -0.1) is 0 Å². The molecular weight excluding hydrogens is 292 g/mol. The Morgan fingerprint density at radius 3 is 2.40 bits per heavy atom. The smallest absolute Gasteiger partial charge is 0.240 e. The highest BCUT2D eigenvalue weighted by molar-refractivity contribution is 7.89. The number of rotatable bonds is 6. The molecule has 0 aromatic heterocycles. The zero-order valence-electron chi connectivity index (χ0n) is 11.3. The van der Waals surface area contributed by atoms with Crippen molar-refractivity contribution in [2.45, 2.75) is 37.0 Å². The van der Waals surface area contributed by atoms with Gasteiger partial charge in [0, 0.05) is 13.0 Å². The third kappa shape index (κ3) is 4.26. The summed E-state index contributed by atoms with van der Waals surface area (Å²) in [5.41, 5.74) is 6.39. The maximum atomic E-state index is 12.2. The average molecular weight is 312 g/mol. The maximum absolute atomic E-state index is 12.2. The van der Waals surface area contributed by atoms with Crippen LogP contribution in [-0.4, -0.2) is 20.0 Å². The second-order valence-corrected chi connectivity index (χ2v) is 7.58. The Labute approximate surface area is 125 Å². The molecule has 0 aliphatic heterocycles. The van der Waals surface area contributed by atoms with Crippen LogP contribution in [0.25, 0.3) is 0 Å². The molecule has 0 unspecified atom stereocenters. The molecule has 0 spiro atoms. The molecule has 20 heavy (non-hydrogen) atoms. The quantitative estimate of drug-likeness (QED) is 0.788. The van der Waals surface area contributed by atoms with Crippen molar-refractivity contribution in [1.82, 2.24) is 4.72 Å². The molecule has 1 aliphatic carbocycles. The lowest BCUT2D eigenvalue weighted by Crippen LogP contribution is -2.28. The first-order valence-corrected chi connectivity index (χ1v) is 8.73. The first-order chi connectivity index (χ1) is 9.47. The van der Waals surface area contributed by atoms with E-state index in [0.717, 1.165) is 18.4 Å². The zero-order chi connectivity index (χ0) is 14.6. The average Bonchev–Trinajstić information content (AvgIpc) is 2.89. The van der Waals surface area contributed by atoms with E-state index in [1.54, 1.807) is 24.3 Å². The minimum Gasteiger partial charge on any atom is -0.393 e. The van der Waals surface area contributed by atoms with Gasteiger partial charge in [-0.05, 0) is 36.5 Å². The van der Waals surface area contributed by atoms with Gasteiger partial charge >= 0.3 is 0 Å². The SMILES string of the molecule is NC(=S)Cc1ccc(S(=O)(=O)NCC2CCCC2)cc1. The second kappa shape index (κ2) is 6.65. The maximum Gasteiger partial charge on any atom is 0.240 e. The Morgan fingerprint density at radius 2 is 1.85 bits per heavy atom. The van der Waals surface area contributed by atoms with Crippen molar-refractivity contribution in [1.29, 1.82) is 0 Å². The molecular formula is C14H20N2O2S2. The van der Waals surface area contributed by atoms with Gasteiger partial charge in [0.15, 0.2) is 0 Å². The van der Waals surface area contributed by atoms with Gasteiger partial charge in [-0.25, -0.2) is 13.1 Å². The molecule has 1 saturated carbocycles. The van der Waals surface area contributed by atoms with Gasteiger partial charge in [0.2, 0.25) is 10.0 Å². The van der Waals surface area contributed by atoms with Crippen LogP contribution in [0.4, 0.5) is 0 Å². The topological polar surface area (TPSA) is 72.2 Å². The van der Waals surface area contributed by atoms with E-state index >= 15 is 0 Å². The van der Waals surface area contributed by atoms with E-state index in [1.807, 2.05) is 0 Å². The number of hydrogen-bond acceptors (Lipinski definition) is 3. The van der Waals surface area contributed by atoms with Crippen molar-refractivity contribution in [2.24, 2.45) is 11.7 Å². The van der Waals surface area contributed by atoms with Crippen molar-refractivity contribution >= 4 is 27.2 Å². The van der Waals surface area contributed by atoms with E-state index in [0.29, 0.717) is 28.8 Å². The summed E-state index contributed by atoms with van der Waals surface area (Å²) in [6.45, 7) is 0.539. The van der Waals surface area contributed by atoms with Gasteiger partial charge in [0.1, 0.15) is 0 Å². The van der Waals surface area contributed by atoms with Gasteiger partial charge < -0.3 is 5.73 Å². The monoisotopic (exact) mass is 312 g/mol. The first kappa shape index (κ1) is 15.4. The van der Waals surface area contributed by atoms with E-state index < -0.39 is 10.0 Å². The Balaban J connectivity index is 1.99. The summed E-state index contributed by atoms with van der Waals surface area (Å²) in [5.74, 6) is 0.485. The Kier molecular flexibility index (Phi) is 5.12. The number of thiocarbonyl (C=S) groups is 1. The van der Waals surface area contributed by atoms with Crippen LogP contribution in [0.1, 0.15) is 31.2 Å². The molecule has 1 fully saturated rings. The van der Waals surface area contributed by atoms with E-state index in [-0.39, 0.29) is 0 Å². The molecule has 3 N–H and O–H groups in total. The molecule has 110 valence electrons. The number of sulfonamides is 1. The number of benzene rings is 1. The molecule has 6 heteroatoms. The molecule has 0 radical (unpaired) electrons. The number of hydrogen-bond donors (Lipinski definition) is 2. The highest BCUT2D eigenvalue weighted by Crippen LogP contribution is 2.24. The Morgan fingerprint density at radius 1 is 1.25 bits per heavy atom. The van der Waals surface area contributed by atoms with Crippen LogP contribution >= 0.6 is 12.2 Å². The van der Waals surface area contributed by atoms with Crippen molar-refractivity contribution in [3.05, 3.63) is 29.8 Å². The predicted octanol–water partition coefficient (Wildman–Crippen LogP) is 1.98. The van der Waals surface area contributed by atoms with Crippen molar-refractivity contribution in [3.63, 3.8) is 0 Å². The molecule has 0 bridgehead atoms. The third-order valence-corrected chi connectivity index (χ3v) is 5.23. The Hall–Kier alpha value is -0.980. The lowest BCUT2D eigenvalue weighted by atomic mass is 10.1. The molecule has 2 rings (SSSR count).